The molecular weight excluding hydrogens is 346 g/mol. The number of nitrogens with one attached hydrogen (secondary N) is 1. The van der Waals surface area contributed by atoms with Crippen LogP contribution in [0, 0.1) is 6.92 Å². The summed E-state index contributed by atoms with van der Waals surface area (Å²) >= 11 is 0. The van der Waals surface area contributed by atoms with Crippen LogP contribution in [-0.4, -0.2) is 45.5 Å². The van der Waals surface area contributed by atoms with Gasteiger partial charge in [-0.3, -0.25) is 9.62 Å². The molecule has 26 heavy (non-hydrogen) atoms. The monoisotopic (exact) mass is 371 g/mol. The lowest BCUT2D eigenvalue weighted by Crippen LogP contribution is -2.47. The minimum absolute atomic E-state index is 0.281. The second-order valence-corrected chi connectivity index (χ2v) is 8.90. The van der Waals surface area contributed by atoms with Gasteiger partial charge in [0.05, 0.1) is 4.90 Å². The molecule has 4 rings (SSSR count). The summed E-state index contributed by atoms with van der Waals surface area (Å²) in [6, 6.07) is 15.4. The van der Waals surface area contributed by atoms with E-state index in [1.807, 2.05) is 31.2 Å². The van der Waals surface area contributed by atoms with Gasteiger partial charge >= 0.3 is 0 Å². The summed E-state index contributed by atoms with van der Waals surface area (Å²) in [5.74, 6) is 0. The summed E-state index contributed by atoms with van der Waals surface area (Å²) < 4.78 is 27.6. The molecule has 1 heterocycles. The lowest BCUT2D eigenvalue weighted by Gasteiger charge is -2.36. The molecule has 1 aliphatic carbocycles. The van der Waals surface area contributed by atoms with Crippen molar-refractivity contribution in [1.82, 2.24) is 4.90 Å². The first kappa shape index (κ1) is 17.4. The number of hydrogen-bond donors (Lipinski definition) is 1. The summed E-state index contributed by atoms with van der Waals surface area (Å²) in [5.41, 5.74) is 2.78. The van der Waals surface area contributed by atoms with Crippen LogP contribution in [0.1, 0.15) is 18.4 Å². The lowest BCUT2D eigenvalue weighted by molar-refractivity contribution is 0.248. The molecule has 138 valence electrons. The van der Waals surface area contributed by atoms with Crippen molar-refractivity contribution < 1.29 is 8.42 Å². The highest BCUT2D eigenvalue weighted by Crippen LogP contribution is 2.29. The van der Waals surface area contributed by atoms with Crippen molar-refractivity contribution >= 4 is 21.4 Å². The highest BCUT2D eigenvalue weighted by Gasteiger charge is 2.31. The maximum Gasteiger partial charge on any atom is 0.261 e. The zero-order valence-electron chi connectivity index (χ0n) is 15.1. The lowest BCUT2D eigenvalue weighted by atomic mass is 10.2. The van der Waals surface area contributed by atoms with Crippen LogP contribution < -0.4 is 9.62 Å². The maximum absolute atomic E-state index is 12.5. The molecule has 0 spiro atoms. The highest BCUT2D eigenvalue weighted by atomic mass is 32.2. The molecule has 0 aromatic heterocycles. The molecule has 0 amide bonds. The minimum atomic E-state index is -3.55. The smallest absolute Gasteiger partial charge is 0.261 e. The molecule has 0 bridgehead atoms. The maximum atomic E-state index is 12.5. The molecule has 0 radical (unpaired) electrons. The van der Waals surface area contributed by atoms with E-state index in [0.29, 0.717) is 5.69 Å². The van der Waals surface area contributed by atoms with E-state index >= 15 is 0 Å². The Balaban J connectivity index is 1.40. The van der Waals surface area contributed by atoms with Gasteiger partial charge in [-0.1, -0.05) is 17.7 Å². The zero-order valence-corrected chi connectivity index (χ0v) is 15.9. The number of aryl methyl sites for hydroxylation is 1. The van der Waals surface area contributed by atoms with Gasteiger partial charge in [0.1, 0.15) is 0 Å². The Hall–Kier alpha value is -2.05. The fourth-order valence-electron chi connectivity index (χ4n) is 3.46. The van der Waals surface area contributed by atoms with Gasteiger partial charge in [0, 0.05) is 43.6 Å². The molecule has 5 nitrogen and oxygen atoms in total. The molecule has 1 saturated heterocycles. The third-order valence-electron chi connectivity index (χ3n) is 5.19. The van der Waals surface area contributed by atoms with E-state index < -0.39 is 10.0 Å². The second-order valence-electron chi connectivity index (χ2n) is 7.22. The largest absolute Gasteiger partial charge is 0.369 e. The predicted molar refractivity (Wildman–Crippen MR) is 105 cm³/mol. The summed E-state index contributed by atoms with van der Waals surface area (Å²) in [6.45, 7) is 6.24. The van der Waals surface area contributed by atoms with Crippen molar-refractivity contribution in [3.8, 4) is 0 Å². The van der Waals surface area contributed by atoms with Gasteiger partial charge < -0.3 is 4.90 Å². The van der Waals surface area contributed by atoms with Gasteiger partial charge in [0.2, 0.25) is 0 Å². The zero-order chi connectivity index (χ0) is 18.1. The topological polar surface area (TPSA) is 52.7 Å². The third kappa shape index (κ3) is 3.86. The first-order valence-electron chi connectivity index (χ1n) is 9.20. The standard InChI is InChI=1S/C20H25N3O2S/c1-16-2-10-20(11-3-16)26(24,25)21-17-4-6-18(7-5-17)22-12-14-23(15-13-22)19-8-9-19/h2-7,10-11,19,21H,8-9,12-15H2,1H3. The fourth-order valence-corrected chi connectivity index (χ4v) is 4.52. The average Bonchev–Trinajstić information content (AvgIpc) is 3.48. The number of nitrogens with zero attached hydrogens (tertiary/aromatic N) is 2. The Labute approximate surface area is 155 Å². The van der Waals surface area contributed by atoms with E-state index in [-0.39, 0.29) is 4.90 Å². The Bertz CT molecular complexity index is 851. The normalized spacial score (nSPS) is 18.7. The van der Waals surface area contributed by atoms with Crippen LogP contribution in [0.3, 0.4) is 0 Å². The first-order chi connectivity index (χ1) is 12.5. The van der Waals surface area contributed by atoms with Crippen molar-refractivity contribution in [1.29, 1.82) is 0 Å². The van der Waals surface area contributed by atoms with Crippen molar-refractivity contribution in [2.75, 3.05) is 35.8 Å². The molecule has 0 atom stereocenters. The van der Waals surface area contributed by atoms with E-state index in [2.05, 4.69) is 14.5 Å². The van der Waals surface area contributed by atoms with Crippen LogP contribution in [0.4, 0.5) is 11.4 Å². The van der Waals surface area contributed by atoms with E-state index in [1.165, 1.54) is 12.8 Å². The van der Waals surface area contributed by atoms with Crippen LogP contribution in [0.15, 0.2) is 53.4 Å². The number of benzene rings is 2. The predicted octanol–water partition coefficient (Wildman–Crippen LogP) is 3.08. The van der Waals surface area contributed by atoms with Crippen LogP contribution in [-0.2, 0) is 10.0 Å². The molecule has 6 heteroatoms. The quantitative estimate of drug-likeness (QED) is 0.878. The minimum Gasteiger partial charge on any atom is -0.369 e. The van der Waals surface area contributed by atoms with Crippen LogP contribution in [0.2, 0.25) is 0 Å². The molecular formula is C20H25N3O2S. The Kier molecular flexibility index (Phi) is 4.63. The van der Waals surface area contributed by atoms with E-state index in [9.17, 15) is 8.42 Å². The second kappa shape index (κ2) is 6.93. The first-order valence-corrected chi connectivity index (χ1v) is 10.7. The van der Waals surface area contributed by atoms with Crippen LogP contribution in [0.5, 0.6) is 0 Å². The Morgan fingerprint density at radius 3 is 2.08 bits per heavy atom. The van der Waals surface area contributed by atoms with Gasteiger partial charge in [0.25, 0.3) is 10.0 Å². The molecule has 2 fully saturated rings. The summed E-state index contributed by atoms with van der Waals surface area (Å²) in [5, 5.41) is 0. The van der Waals surface area contributed by atoms with E-state index in [0.717, 1.165) is 43.5 Å². The molecule has 2 aliphatic rings. The number of anilines is 2. The van der Waals surface area contributed by atoms with Crippen molar-refractivity contribution in [2.45, 2.75) is 30.7 Å². The summed E-state index contributed by atoms with van der Waals surface area (Å²) in [6.07, 6.45) is 2.71. The number of rotatable bonds is 5. The molecule has 1 aliphatic heterocycles. The number of piperazine rings is 1. The Morgan fingerprint density at radius 2 is 1.50 bits per heavy atom. The van der Waals surface area contributed by atoms with Crippen LogP contribution >= 0.6 is 0 Å². The van der Waals surface area contributed by atoms with Crippen molar-refractivity contribution in [3.05, 3.63) is 54.1 Å². The van der Waals surface area contributed by atoms with E-state index in [1.54, 1.807) is 24.3 Å². The van der Waals surface area contributed by atoms with Crippen LogP contribution in [0.25, 0.3) is 0 Å². The average molecular weight is 372 g/mol. The van der Waals surface area contributed by atoms with Crippen molar-refractivity contribution in [2.24, 2.45) is 0 Å². The molecule has 1 N–H and O–H groups in total. The molecule has 0 unspecified atom stereocenters. The SMILES string of the molecule is Cc1ccc(S(=O)(=O)Nc2ccc(N3CCN(C4CC4)CC3)cc2)cc1. The van der Waals surface area contributed by atoms with Gasteiger partial charge in [-0.15, -0.1) is 0 Å². The molecule has 2 aromatic carbocycles. The summed E-state index contributed by atoms with van der Waals surface area (Å²) in [7, 11) is -3.55. The fraction of sp³-hybridized carbons (Fsp3) is 0.400. The summed E-state index contributed by atoms with van der Waals surface area (Å²) in [4.78, 5) is 5.24. The number of sulfonamides is 1. The van der Waals surface area contributed by atoms with Gasteiger partial charge in [-0.25, -0.2) is 8.42 Å². The van der Waals surface area contributed by atoms with Crippen molar-refractivity contribution in [3.63, 3.8) is 0 Å². The molecule has 2 aromatic rings. The van der Waals surface area contributed by atoms with Gasteiger partial charge in [0.15, 0.2) is 0 Å². The third-order valence-corrected chi connectivity index (χ3v) is 6.59. The number of hydrogen-bond acceptors (Lipinski definition) is 4. The molecule has 1 saturated carbocycles. The Morgan fingerprint density at radius 1 is 0.885 bits per heavy atom. The van der Waals surface area contributed by atoms with Gasteiger partial charge in [-0.05, 0) is 56.2 Å². The van der Waals surface area contributed by atoms with Gasteiger partial charge in [-0.2, -0.15) is 0 Å². The highest BCUT2D eigenvalue weighted by molar-refractivity contribution is 7.92. The van der Waals surface area contributed by atoms with E-state index in [4.69, 9.17) is 0 Å².